The Bertz CT molecular complexity index is 520. The maximum Gasteiger partial charge on any atom is 0.358 e. The molecule has 94 valence electrons. The number of benzene rings is 1. The van der Waals surface area contributed by atoms with Crippen LogP contribution in [0.3, 0.4) is 0 Å². The number of aromatic nitrogens is 2. The van der Waals surface area contributed by atoms with E-state index in [1.807, 2.05) is 22.8 Å². The molecule has 18 heavy (non-hydrogen) atoms. The molecule has 1 atom stereocenters. The fraction of sp³-hybridized carbons (Fsp3) is 0.286. The van der Waals surface area contributed by atoms with Gasteiger partial charge in [0.05, 0.1) is 19.0 Å². The molecular formula is C14H16N2O2. The van der Waals surface area contributed by atoms with Crippen LogP contribution in [0.25, 0.3) is 0 Å². The molecule has 2 aromatic rings. The van der Waals surface area contributed by atoms with Crippen LogP contribution in [0, 0.1) is 0 Å². The first-order valence-electron chi connectivity index (χ1n) is 5.98. The van der Waals surface area contributed by atoms with Crippen LogP contribution < -0.4 is 0 Å². The number of esters is 1. The number of carbonyl (C=O) groups is 1. The van der Waals surface area contributed by atoms with Crippen molar-refractivity contribution in [3.05, 3.63) is 54.1 Å². The molecule has 1 aromatic carbocycles. The third-order valence-corrected chi connectivity index (χ3v) is 2.82. The standard InChI is InChI=1S/C14H16N2O2/c1-3-18-14(17)13-9-16(10-15-13)11(2)12-7-5-4-6-8-12/h4-11H,3H2,1-2H3. The molecule has 0 radical (unpaired) electrons. The van der Waals surface area contributed by atoms with Crippen LogP contribution in [0.2, 0.25) is 0 Å². The number of hydrogen-bond donors (Lipinski definition) is 0. The van der Waals surface area contributed by atoms with Gasteiger partial charge < -0.3 is 9.30 Å². The highest BCUT2D eigenvalue weighted by Crippen LogP contribution is 2.17. The summed E-state index contributed by atoms with van der Waals surface area (Å²) in [5, 5.41) is 0. The van der Waals surface area contributed by atoms with E-state index < -0.39 is 0 Å². The molecule has 1 unspecified atom stereocenters. The molecule has 0 aliphatic carbocycles. The van der Waals surface area contributed by atoms with E-state index >= 15 is 0 Å². The summed E-state index contributed by atoms with van der Waals surface area (Å²) >= 11 is 0. The van der Waals surface area contributed by atoms with Gasteiger partial charge in [0, 0.05) is 6.20 Å². The fourth-order valence-electron chi connectivity index (χ4n) is 1.76. The lowest BCUT2D eigenvalue weighted by atomic mass is 10.1. The Balaban J connectivity index is 2.17. The van der Waals surface area contributed by atoms with Crippen molar-refractivity contribution in [1.29, 1.82) is 0 Å². The van der Waals surface area contributed by atoms with Gasteiger partial charge in [-0.1, -0.05) is 30.3 Å². The smallest absolute Gasteiger partial charge is 0.358 e. The fourth-order valence-corrected chi connectivity index (χ4v) is 1.76. The third kappa shape index (κ3) is 2.59. The topological polar surface area (TPSA) is 44.1 Å². The van der Waals surface area contributed by atoms with Gasteiger partial charge in [-0.25, -0.2) is 9.78 Å². The quantitative estimate of drug-likeness (QED) is 0.777. The second kappa shape index (κ2) is 5.49. The van der Waals surface area contributed by atoms with Crippen LogP contribution in [0.5, 0.6) is 0 Å². The molecule has 1 heterocycles. The first-order chi connectivity index (χ1) is 8.72. The summed E-state index contributed by atoms with van der Waals surface area (Å²) in [4.78, 5) is 15.6. The van der Waals surface area contributed by atoms with Crippen LogP contribution in [0.15, 0.2) is 42.9 Å². The van der Waals surface area contributed by atoms with Crippen LogP contribution in [-0.4, -0.2) is 22.1 Å². The van der Waals surface area contributed by atoms with Crippen molar-refractivity contribution in [1.82, 2.24) is 9.55 Å². The molecule has 0 spiro atoms. The Morgan fingerprint density at radius 2 is 2.11 bits per heavy atom. The molecule has 0 amide bonds. The zero-order chi connectivity index (χ0) is 13.0. The van der Waals surface area contributed by atoms with E-state index in [4.69, 9.17) is 4.74 Å². The molecule has 0 bridgehead atoms. The highest BCUT2D eigenvalue weighted by atomic mass is 16.5. The number of nitrogens with zero attached hydrogens (tertiary/aromatic N) is 2. The van der Waals surface area contributed by atoms with E-state index in [1.54, 1.807) is 19.4 Å². The Morgan fingerprint density at radius 3 is 2.78 bits per heavy atom. The zero-order valence-corrected chi connectivity index (χ0v) is 10.5. The summed E-state index contributed by atoms with van der Waals surface area (Å²) in [6.45, 7) is 4.20. The van der Waals surface area contributed by atoms with Gasteiger partial charge in [0.25, 0.3) is 0 Å². The molecule has 0 aliphatic rings. The second-order valence-electron chi connectivity index (χ2n) is 4.01. The summed E-state index contributed by atoms with van der Waals surface area (Å²) in [6, 6.07) is 10.2. The first-order valence-corrected chi connectivity index (χ1v) is 5.98. The zero-order valence-electron chi connectivity index (χ0n) is 10.5. The maximum atomic E-state index is 11.5. The van der Waals surface area contributed by atoms with Gasteiger partial charge in [0.15, 0.2) is 5.69 Å². The van der Waals surface area contributed by atoms with Crippen molar-refractivity contribution in [3.8, 4) is 0 Å². The van der Waals surface area contributed by atoms with Crippen molar-refractivity contribution in [2.24, 2.45) is 0 Å². The minimum atomic E-state index is -0.378. The summed E-state index contributed by atoms with van der Waals surface area (Å²) < 4.78 is 6.82. The predicted molar refractivity (Wildman–Crippen MR) is 68.4 cm³/mol. The molecule has 0 fully saturated rings. The number of carbonyl (C=O) groups excluding carboxylic acids is 1. The van der Waals surface area contributed by atoms with Gasteiger partial charge in [-0.3, -0.25) is 0 Å². The molecule has 2 rings (SSSR count). The monoisotopic (exact) mass is 244 g/mol. The Kier molecular flexibility index (Phi) is 3.77. The van der Waals surface area contributed by atoms with Gasteiger partial charge in [-0.05, 0) is 19.4 Å². The van der Waals surface area contributed by atoms with E-state index in [2.05, 4.69) is 24.0 Å². The summed E-state index contributed by atoms with van der Waals surface area (Å²) in [5.41, 5.74) is 1.52. The van der Waals surface area contributed by atoms with Gasteiger partial charge in [0.1, 0.15) is 0 Å². The Hall–Kier alpha value is -2.10. The molecular weight excluding hydrogens is 228 g/mol. The molecule has 0 saturated carbocycles. The minimum absolute atomic E-state index is 0.141. The number of rotatable bonds is 4. The molecule has 4 heteroatoms. The largest absolute Gasteiger partial charge is 0.461 e. The van der Waals surface area contributed by atoms with E-state index in [1.165, 1.54) is 5.56 Å². The van der Waals surface area contributed by atoms with E-state index in [0.29, 0.717) is 12.3 Å². The highest BCUT2D eigenvalue weighted by molar-refractivity contribution is 5.86. The van der Waals surface area contributed by atoms with Crippen LogP contribution in [-0.2, 0) is 4.74 Å². The normalized spacial score (nSPS) is 12.1. The lowest BCUT2D eigenvalue weighted by Gasteiger charge is -2.12. The van der Waals surface area contributed by atoms with Crippen molar-refractivity contribution < 1.29 is 9.53 Å². The van der Waals surface area contributed by atoms with E-state index in [0.717, 1.165) is 0 Å². The summed E-state index contributed by atoms with van der Waals surface area (Å²) in [5.74, 6) is -0.378. The highest BCUT2D eigenvalue weighted by Gasteiger charge is 2.13. The van der Waals surface area contributed by atoms with Crippen LogP contribution in [0.1, 0.15) is 35.9 Å². The molecule has 0 N–H and O–H groups in total. The number of imidazole rings is 1. The van der Waals surface area contributed by atoms with Crippen molar-refractivity contribution in [2.75, 3.05) is 6.61 Å². The molecule has 0 aliphatic heterocycles. The summed E-state index contributed by atoms with van der Waals surface area (Å²) in [6.07, 6.45) is 3.37. The average Bonchev–Trinajstić information content (AvgIpc) is 2.89. The van der Waals surface area contributed by atoms with Gasteiger partial charge in [-0.2, -0.15) is 0 Å². The van der Waals surface area contributed by atoms with E-state index in [-0.39, 0.29) is 12.0 Å². The Labute approximate surface area is 106 Å². The van der Waals surface area contributed by atoms with Gasteiger partial charge >= 0.3 is 5.97 Å². The van der Waals surface area contributed by atoms with Crippen molar-refractivity contribution >= 4 is 5.97 Å². The van der Waals surface area contributed by atoms with Crippen LogP contribution >= 0.6 is 0 Å². The SMILES string of the molecule is CCOC(=O)c1cn(C(C)c2ccccc2)cn1. The number of hydrogen-bond acceptors (Lipinski definition) is 3. The van der Waals surface area contributed by atoms with Crippen molar-refractivity contribution in [2.45, 2.75) is 19.9 Å². The van der Waals surface area contributed by atoms with Crippen LogP contribution in [0.4, 0.5) is 0 Å². The van der Waals surface area contributed by atoms with E-state index in [9.17, 15) is 4.79 Å². The molecule has 4 nitrogen and oxygen atoms in total. The second-order valence-corrected chi connectivity index (χ2v) is 4.01. The lowest BCUT2D eigenvalue weighted by Crippen LogP contribution is -2.06. The molecule has 0 saturated heterocycles. The number of ether oxygens (including phenoxy) is 1. The average molecular weight is 244 g/mol. The minimum Gasteiger partial charge on any atom is -0.461 e. The predicted octanol–water partition coefficient (Wildman–Crippen LogP) is 2.67. The maximum absolute atomic E-state index is 11.5. The lowest BCUT2D eigenvalue weighted by molar-refractivity contribution is 0.0520. The third-order valence-electron chi connectivity index (χ3n) is 2.82. The molecule has 1 aromatic heterocycles. The van der Waals surface area contributed by atoms with Gasteiger partial charge in [0.2, 0.25) is 0 Å². The Morgan fingerprint density at radius 1 is 1.39 bits per heavy atom. The van der Waals surface area contributed by atoms with Crippen molar-refractivity contribution in [3.63, 3.8) is 0 Å². The van der Waals surface area contributed by atoms with Gasteiger partial charge in [-0.15, -0.1) is 0 Å². The summed E-state index contributed by atoms with van der Waals surface area (Å²) in [7, 11) is 0. The first kappa shape index (κ1) is 12.4.